The highest BCUT2D eigenvalue weighted by Gasteiger charge is 2.39. The van der Waals surface area contributed by atoms with E-state index in [0.717, 1.165) is 50.1 Å². The van der Waals surface area contributed by atoms with Crippen LogP contribution in [0.1, 0.15) is 25.0 Å². The molecule has 0 bridgehead atoms. The molecule has 0 spiro atoms. The Morgan fingerprint density at radius 3 is 1.83 bits per heavy atom. The average molecular weight is 745 g/mol. The van der Waals surface area contributed by atoms with Crippen molar-refractivity contribution >= 4 is 66.8 Å². The van der Waals surface area contributed by atoms with Crippen LogP contribution in [0.5, 0.6) is 0 Å². The standard InChI is InChI=1S/C55H40N2O/c1-55(2)46-24-12-13-25-48(46)57(49-34-31-41(36-47(49)55)38-18-7-4-8-19-38)53-43-21-10-9-20-40(43)30-35-50(53)56(42-32-28-39(29-33-42)37-16-5-3-6-17-37)51-26-15-23-45-44-22-11-14-27-52(44)58-54(45)51/h3-36H,1-2H3. The molecule has 11 rings (SSSR count). The second-order valence-corrected chi connectivity index (χ2v) is 15.7. The summed E-state index contributed by atoms with van der Waals surface area (Å²) in [7, 11) is 0. The van der Waals surface area contributed by atoms with Crippen molar-refractivity contribution in [1.29, 1.82) is 0 Å². The lowest BCUT2D eigenvalue weighted by atomic mass is 9.72. The van der Waals surface area contributed by atoms with E-state index in [4.69, 9.17) is 4.42 Å². The summed E-state index contributed by atoms with van der Waals surface area (Å²) in [6.45, 7) is 4.73. The summed E-state index contributed by atoms with van der Waals surface area (Å²) in [5.74, 6) is 0. The molecule has 0 atom stereocenters. The number of para-hydroxylation sites is 3. The van der Waals surface area contributed by atoms with E-state index < -0.39 is 0 Å². The van der Waals surface area contributed by atoms with Crippen molar-refractivity contribution in [2.75, 3.05) is 9.80 Å². The lowest BCUT2D eigenvalue weighted by Crippen LogP contribution is -2.31. The van der Waals surface area contributed by atoms with Crippen LogP contribution in [0.25, 0.3) is 55.0 Å². The third-order valence-electron chi connectivity index (χ3n) is 12.0. The van der Waals surface area contributed by atoms with Crippen molar-refractivity contribution in [3.8, 4) is 22.3 Å². The molecule has 58 heavy (non-hydrogen) atoms. The Kier molecular flexibility index (Phi) is 7.84. The summed E-state index contributed by atoms with van der Waals surface area (Å²) >= 11 is 0. The summed E-state index contributed by atoms with van der Waals surface area (Å²) in [5.41, 5.74) is 15.3. The summed E-state index contributed by atoms with van der Waals surface area (Å²) < 4.78 is 6.81. The lowest BCUT2D eigenvalue weighted by molar-refractivity contribution is 0.632. The minimum absolute atomic E-state index is 0.259. The van der Waals surface area contributed by atoms with Gasteiger partial charge in [-0.3, -0.25) is 0 Å². The fourth-order valence-electron chi connectivity index (χ4n) is 9.16. The van der Waals surface area contributed by atoms with Gasteiger partial charge in [-0.15, -0.1) is 0 Å². The summed E-state index contributed by atoms with van der Waals surface area (Å²) in [6, 6.07) is 74.4. The molecule has 9 aromatic carbocycles. The van der Waals surface area contributed by atoms with Crippen LogP contribution >= 0.6 is 0 Å². The van der Waals surface area contributed by atoms with E-state index in [1.165, 1.54) is 50.1 Å². The molecular weight excluding hydrogens is 705 g/mol. The molecule has 1 aromatic heterocycles. The number of hydrogen-bond acceptors (Lipinski definition) is 3. The molecular formula is C55H40N2O. The van der Waals surface area contributed by atoms with Crippen molar-refractivity contribution in [3.63, 3.8) is 0 Å². The predicted molar refractivity (Wildman–Crippen MR) is 244 cm³/mol. The molecule has 1 aliphatic heterocycles. The molecule has 0 aliphatic carbocycles. The molecule has 2 heterocycles. The number of hydrogen-bond donors (Lipinski definition) is 0. The number of fused-ring (bicyclic) bond motifs is 6. The second kappa shape index (κ2) is 13.4. The second-order valence-electron chi connectivity index (χ2n) is 15.7. The van der Waals surface area contributed by atoms with Crippen molar-refractivity contribution in [3.05, 3.63) is 217 Å². The van der Waals surface area contributed by atoms with Gasteiger partial charge in [0.2, 0.25) is 0 Å². The molecule has 0 radical (unpaired) electrons. The van der Waals surface area contributed by atoms with Crippen LogP contribution in [0, 0.1) is 0 Å². The monoisotopic (exact) mass is 744 g/mol. The minimum Gasteiger partial charge on any atom is -0.454 e. The van der Waals surface area contributed by atoms with Gasteiger partial charge in [0.1, 0.15) is 5.58 Å². The highest BCUT2D eigenvalue weighted by molar-refractivity contribution is 6.13. The Balaban J connectivity index is 1.22. The molecule has 276 valence electrons. The SMILES string of the molecule is CC1(C)c2ccccc2N(c2c(N(c3ccc(-c4ccccc4)cc3)c3cccc4c3oc3ccccc34)ccc3ccccc23)c2ccc(-c3ccccc3)cc21. The third-order valence-corrected chi connectivity index (χ3v) is 12.0. The Morgan fingerprint density at radius 2 is 1.03 bits per heavy atom. The van der Waals surface area contributed by atoms with Gasteiger partial charge in [0.25, 0.3) is 0 Å². The van der Waals surface area contributed by atoms with Gasteiger partial charge in [-0.2, -0.15) is 0 Å². The first-order valence-corrected chi connectivity index (χ1v) is 20.0. The highest BCUT2D eigenvalue weighted by atomic mass is 16.3. The van der Waals surface area contributed by atoms with E-state index >= 15 is 0 Å². The number of nitrogens with zero attached hydrogens (tertiary/aromatic N) is 2. The van der Waals surface area contributed by atoms with Crippen molar-refractivity contribution in [2.45, 2.75) is 19.3 Å². The normalized spacial score (nSPS) is 13.1. The van der Waals surface area contributed by atoms with Gasteiger partial charge in [0.15, 0.2) is 5.58 Å². The maximum Gasteiger partial charge on any atom is 0.159 e. The van der Waals surface area contributed by atoms with Crippen LogP contribution in [0.4, 0.5) is 34.1 Å². The molecule has 0 saturated heterocycles. The van der Waals surface area contributed by atoms with E-state index in [-0.39, 0.29) is 5.41 Å². The summed E-state index contributed by atoms with van der Waals surface area (Å²) in [5, 5.41) is 4.53. The van der Waals surface area contributed by atoms with Crippen LogP contribution in [0.2, 0.25) is 0 Å². The zero-order valence-corrected chi connectivity index (χ0v) is 32.4. The van der Waals surface area contributed by atoms with Crippen LogP contribution in [0.3, 0.4) is 0 Å². The molecule has 1 aliphatic rings. The van der Waals surface area contributed by atoms with E-state index in [9.17, 15) is 0 Å². The number of anilines is 6. The van der Waals surface area contributed by atoms with Gasteiger partial charge in [0, 0.05) is 27.3 Å². The van der Waals surface area contributed by atoms with Gasteiger partial charge >= 0.3 is 0 Å². The first-order valence-electron chi connectivity index (χ1n) is 20.0. The van der Waals surface area contributed by atoms with E-state index in [1.54, 1.807) is 0 Å². The molecule has 0 unspecified atom stereocenters. The fraction of sp³-hybridized carbons (Fsp3) is 0.0545. The molecule has 3 nitrogen and oxygen atoms in total. The van der Waals surface area contributed by atoms with Crippen LogP contribution in [-0.2, 0) is 5.41 Å². The van der Waals surface area contributed by atoms with E-state index in [1.807, 2.05) is 6.07 Å². The van der Waals surface area contributed by atoms with Gasteiger partial charge in [-0.1, -0.05) is 172 Å². The van der Waals surface area contributed by atoms with Crippen molar-refractivity contribution in [2.24, 2.45) is 0 Å². The van der Waals surface area contributed by atoms with E-state index in [2.05, 4.69) is 224 Å². The average Bonchev–Trinajstić information content (AvgIpc) is 3.67. The molecule has 10 aromatic rings. The van der Waals surface area contributed by atoms with Crippen molar-refractivity contribution < 1.29 is 4.42 Å². The fourth-order valence-corrected chi connectivity index (χ4v) is 9.16. The largest absolute Gasteiger partial charge is 0.454 e. The molecule has 0 saturated carbocycles. The Morgan fingerprint density at radius 1 is 0.431 bits per heavy atom. The van der Waals surface area contributed by atoms with Gasteiger partial charge in [-0.05, 0) is 87.3 Å². The van der Waals surface area contributed by atoms with Crippen molar-refractivity contribution in [1.82, 2.24) is 0 Å². The topological polar surface area (TPSA) is 19.6 Å². The lowest BCUT2D eigenvalue weighted by Gasteiger charge is -2.44. The minimum atomic E-state index is -0.259. The van der Waals surface area contributed by atoms with Gasteiger partial charge < -0.3 is 14.2 Å². The number of rotatable bonds is 6. The molecule has 0 fully saturated rings. The predicted octanol–water partition coefficient (Wildman–Crippen LogP) is 15.7. The zero-order chi connectivity index (χ0) is 38.8. The maximum absolute atomic E-state index is 6.81. The van der Waals surface area contributed by atoms with Crippen LogP contribution in [0.15, 0.2) is 211 Å². The molecule has 0 N–H and O–H groups in total. The number of benzene rings is 9. The Bertz CT molecular complexity index is 3140. The first kappa shape index (κ1) is 33.9. The van der Waals surface area contributed by atoms with Crippen LogP contribution < -0.4 is 9.80 Å². The summed E-state index contributed by atoms with van der Waals surface area (Å²) in [4.78, 5) is 4.92. The summed E-state index contributed by atoms with van der Waals surface area (Å²) in [6.07, 6.45) is 0. The van der Waals surface area contributed by atoms with Gasteiger partial charge in [-0.25, -0.2) is 0 Å². The smallest absolute Gasteiger partial charge is 0.159 e. The Hall–Kier alpha value is -7.36. The number of furan rings is 1. The van der Waals surface area contributed by atoms with Crippen LogP contribution in [-0.4, -0.2) is 0 Å². The first-order chi connectivity index (χ1) is 28.5. The Labute approximate surface area is 338 Å². The highest BCUT2D eigenvalue weighted by Crippen LogP contribution is 2.57. The third kappa shape index (κ3) is 5.35. The molecule has 0 amide bonds. The quantitative estimate of drug-likeness (QED) is 0.169. The molecule has 3 heteroatoms. The zero-order valence-electron chi connectivity index (χ0n) is 32.4. The van der Waals surface area contributed by atoms with E-state index in [0.29, 0.717) is 0 Å². The van der Waals surface area contributed by atoms with Gasteiger partial charge in [0.05, 0.1) is 28.4 Å². The maximum atomic E-state index is 6.81.